The third-order valence-electron chi connectivity index (χ3n) is 7.05. The molecule has 0 saturated carbocycles. The summed E-state index contributed by atoms with van der Waals surface area (Å²) in [7, 11) is -4.69. The van der Waals surface area contributed by atoms with Crippen molar-refractivity contribution in [2.45, 2.75) is 50.2 Å². The number of carbonyl (C=O) groups excluding carboxylic acids is 3. The van der Waals surface area contributed by atoms with Crippen LogP contribution >= 0.6 is 0 Å². The van der Waals surface area contributed by atoms with Crippen LogP contribution in [0, 0.1) is 23.7 Å². The number of hydrogen-bond donors (Lipinski definition) is 0. The lowest BCUT2D eigenvalue weighted by Gasteiger charge is -2.27. The van der Waals surface area contributed by atoms with Gasteiger partial charge in [0.15, 0.2) is 29.3 Å². The van der Waals surface area contributed by atoms with Crippen molar-refractivity contribution < 1.29 is 68.9 Å². The Hall–Kier alpha value is -4.33. The van der Waals surface area contributed by atoms with E-state index in [-0.39, 0.29) is 5.56 Å². The van der Waals surface area contributed by atoms with E-state index in [2.05, 4.69) is 16.6 Å². The number of rotatable bonds is 9. The molecule has 5 rings (SSSR count). The first-order valence-electron chi connectivity index (χ1n) is 13.4. The second kappa shape index (κ2) is 11.9. The Morgan fingerprint density at radius 2 is 1.71 bits per heavy atom. The summed E-state index contributed by atoms with van der Waals surface area (Å²) in [6.07, 6.45) is -9.71. The quantitative estimate of drug-likeness (QED) is 0.168. The summed E-state index contributed by atoms with van der Waals surface area (Å²) in [6, 6.07) is 11.5. The maximum Gasteiger partial charge on any atom is 0.573 e. The van der Waals surface area contributed by atoms with Gasteiger partial charge in [-0.25, -0.2) is 13.2 Å². The van der Waals surface area contributed by atoms with Gasteiger partial charge in [-0.3, -0.25) is 9.59 Å². The molecule has 45 heavy (non-hydrogen) atoms. The highest BCUT2D eigenvalue weighted by molar-refractivity contribution is 7.85. The minimum absolute atomic E-state index is 0.283. The number of carbonyl (C=O) groups is 3. The van der Waals surface area contributed by atoms with Gasteiger partial charge in [-0.1, -0.05) is 30.0 Å². The zero-order valence-corrected chi connectivity index (χ0v) is 24.3. The molecule has 3 aliphatic heterocycles. The number of fused-ring (bicyclic) bond motifs is 1. The Kier molecular flexibility index (Phi) is 8.47. The van der Waals surface area contributed by atoms with Crippen molar-refractivity contribution in [3.63, 3.8) is 0 Å². The van der Waals surface area contributed by atoms with Crippen LogP contribution in [0.1, 0.15) is 29.8 Å². The van der Waals surface area contributed by atoms with Crippen molar-refractivity contribution in [2.24, 2.45) is 11.8 Å². The highest BCUT2D eigenvalue weighted by atomic mass is 32.2. The number of esters is 3. The fourth-order valence-corrected chi connectivity index (χ4v) is 5.53. The van der Waals surface area contributed by atoms with Gasteiger partial charge < -0.3 is 33.0 Å². The van der Waals surface area contributed by atoms with Gasteiger partial charge in [-0.05, 0) is 44.2 Å². The van der Waals surface area contributed by atoms with Crippen molar-refractivity contribution in [3.8, 4) is 23.3 Å². The molecule has 0 amide bonds. The van der Waals surface area contributed by atoms with Crippen molar-refractivity contribution >= 4 is 28.0 Å². The smallest absolute Gasteiger partial charge is 0.573 e. The van der Waals surface area contributed by atoms with Crippen molar-refractivity contribution in [1.29, 1.82) is 0 Å². The van der Waals surface area contributed by atoms with Crippen LogP contribution in [0.25, 0.3) is 0 Å². The van der Waals surface area contributed by atoms with Crippen molar-refractivity contribution in [2.75, 3.05) is 12.4 Å². The van der Waals surface area contributed by atoms with Gasteiger partial charge in [-0.2, -0.15) is 0 Å². The van der Waals surface area contributed by atoms with Gasteiger partial charge in [0.25, 0.3) is 0 Å². The third-order valence-corrected chi connectivity index (χ3v) is 7.72. The first kappa shape index (κ1) is 32.1. The monoisotopic (exact) mass is 653 g/mol. The molecule has 6 atom stereocenters. The lowest BCUT2D eigenvalue weighted by Crippen LogP contribution is -2.48. The Morgan fingerprint density at radius 3 is 2.38 bits per heavy atom. The average Bonchev–Trinajstić information content (AvgIpc) is 3.56. The highest BCUT2D eigenvalue weighted by Crippen LogP contribution is 2.51. The van der Waals surface area contributed by atoms with Crippen LogP contribution in [0.3, 0.4) is 0 Å². The van der Waals surface area contributed by atoms with Crippen molar-refractivity contribution in [1.82, 2.24) is 0 Å². The number of alkyl halides is 3. The molecule has 3 heterocycles. The van der Waals surface area contributed by atoms with E-state index in [1.54, 1.807) is 30.3 Å². The topological polar surface area (TPSA) is 164 Å². The summed E-state index contributed by atoms with van der Waals surface area (Å²) >= 11 is 0. The summed E-state index contributed by atoms with van der Waals surface area (Å²) in [5, 5.41) is 0. The van der Waals surface area contributed by atoms with Crippen LogP contribution in [0.5, 0.6) is 11.5 Å². The molecule has 12 nitrogen and oxygen atoms in total. The largest absolute Gasteiger partial charge is 0.748 e. The minimum atomic E-state index is -5.09. The normalized spacial score (nSPS) is 25.2. The van der Waals surface area contributed by atoms with Gasteiger partial charge in [0.05, 0.1) is 21.4 Å². The van der Waals surface area contributed by atoms with Gasteiger partial charge in [-0.15, -0.1) is 13.2 Å². The summed E-state index contributed by atoms with van der Waals surface area (Å²) in [4.78, 5) is 38.5. The number of halogens is 3. The van der Waals surface area contributed by atoms with Crippen LogP contribution in [-0.4, -0.2) is 79.6 Å². The molecule has 0 aliphatic carbocycles. The second-order valence-electron chi connectivity index (χ2n) is 10.8. The van der Waals surface area contributed by atoms with E-state index in [1.807, 2.05) is 0 Å². The van der Waals surface area contributed by atoms with E-state index in [4.69, 9.17) is 23.7 Å². The first-order valence-corrected chi connectivity index (χ1v) is 14.9. The van der Waals surface area contributed by atoms with Gasteiger partial charge in [0.1, 0.15) is 30.7 Å². The molecule has 0 radical (unpaired) electrons. The van der Waals surface area contributed by atoms with Crippen LogP contribution in [0.15, 0.2) is 48.5 Å². The molecule has 3 saturated heterocycles. The molecule has 240 valence electrons. The fraction of sp³-hybridized carbons (Fsp3) is 0.414. The molecule has 0 N–H and O–H groups in total. The molecule has 3 aliphatic rings. The minimum Gasteiger partial charge on any atom is -0.748 e. The number of ether oxygens (including phenoxy) is 6. The third kappa shape index (κ3) is 7.32. The second-order valence-corrected chi connectivity index (χ2v) is 12.3. The molecule has 0 spiro atoms. The van der Waals surface area contributed by atoms with Gasteiger partial charge >= 0.3 is 24.3 Å². The number of hydrogen-bond acceptors (Lipinski definition) is 12. The number of benzene rings is 2. The lowest BCUT2D eigenvalue weighted by molar-refractivity contribution is -0.275. The van der Waals surface area contributed by atoms with E-state index in [1.165, 1.54) is 13.8 Å². The SMILES string of the molecule is CC(C)(C#Cc1ccccc1)Oc1cc(C(=O)OC2C3OC(=O)C4C3OC2C4C(=O)OCCS(=O)(=O)[O-])ccc1OC(F)(F)F. The van der Waals surface area contributed by atoms with Gasteiger partial charge in [0.2, 0.25) is 0 Å². The predicted octanol–water partition coefficient (Wildman–Crippen LogP) is 2.35. The molecule has 2 aromatic carbocycles. The maximum atomic E-state index is 13.2. The average molecular weight is 654 g/mol. The van der Waals surface area contributed by atoms with E-state index in [9.17, 15) is 40.5 Å². The Bertz CT molecular complexity index is 1660. The standard InChI is InChI=1S/C29H25F3O12S/c1-28(2,11-10-15-6-4-3-5-7-15)43-18-14-16(8-9-17(18)44-29(30,31)32)25(33)41-23-21-19(26(34)39-12-13-45(36,37)38)20-22(40-21)24(23)42-27(20)35/h3-9,14,19-24H,12-13H2,1-2H3,(H,36,37,38)/p-1. The van der Waals surface area contributed by atoms with E-state index in [0.717, 1.165) is 18.2 Å². The van der Waals surface area contributed by atoms with E-state index < -0.39 is 100 Å². The zero-order valence-electron chi connectivity index (χ0n) is 23.4. The highest BCUT2D eigenvalue weighted by Gasteiger charge is 2.72. The lowest BCUT2D eigenvalue weighted by atomic mass is 9.78. The molecule has 3 fully saturated rings. The fourth-order valence-electron chi connectivity index (χ4n) is 5.24. The Labute approximate surface area is 254 Å². The van der Waals surface area contributed by atoms with Crippen molar-refractivity contribution in [3.05, 3.63) is 59.7 Å². The first-order chi connectivity index (χ1) is 21.0. The predicted molar refractivity (Wildman–Crippen MR) is 141 cm³/mol. The molecule has 2 bridgehead atoms. The van der Waals surface area contributed by atoms with Crippen LogP contribution < -0.4 is 9.47 Å². The molecule has 16 heteroatoms. The maximum absolute atomic E-state index is 13.2. The summed E-state index contributed by atoms with van der Waals surface area (Å²) in [5.41, 5.74) is -1.03. The Morgan fingerprint density at radius 1 is 1.00 bits per heavy atom. The van der Waals surface area contributed by atoms with E-state index >= 15 is 0 Å². The Balaban J connectivity index is 1.36. The summed E-state index contributed by atoms with van der Waals surface area (Å²) in [6.45, 7) is 2.22. The molecule has 2 aromatic rings. The molecule has 0 aromatic heterocycles. The van der Waals surface area contributed by atoms with Crippen LogP contribution in [0.4, 0.5) is 13.2 Å². The summed E-state index contributed by atoms with van der Waals surface area (Å²) in [5.74, 6) is -1.98. The van der Waals surface area contributed by atoms with Crippen LogP contribution in [0.2, 0.25) is 0 Å². The molecular weight excluding hydrogens is 629 g/mol. The zero-order chi connectivity index (χ0) is 32.7. The van der Waals surface area contributed by atoms with Gasteiger partial charge in [0, 0.05) is 5.56 Å². The molecule has 6 unspecified atom stereocenters. The van der Waals surface area contributed by atoms with E-state index in [0.29, 0.717) is 5.56 Å². The summed E-state index contributed by atoms with van der Waals surface area (Å²) < 4.78 is 103. The van der Waals surface area contributed by atoms with Crippen LogP contribution in [-0.2, 0) is 38.7 Å². The molecular formula is C29H24F3O12S-.